The molecule has 0 aliphatic heterocycles. The van der Waals surface area contributed by atoms with Crippen LogP contribution >= 0.6 is 34.3 Å². The molecule has 0 atom stereocenters. The molecular weight excluding hydrogens is 364 g/mol. The van der Waals surface area contributed by atoms with Crippen LogP contribution in [0.1, 0.15) is 59.5 Å². The average Bonchev–Trinajstić information content (AvgIpc) is 3.23. The van der Waals surface area contributed by atoms with Crippen molar-refractivity contribution in [1.29, 1.82) is 0 Å². The number of thiophene rings is 2. The molecule has 0 fully saturated rings. The number of carboxylic acid groups (broad SMARTS) is 1. The third-order valence-electron chi connectivity index (χ3n) is 4.31. The second-order valence-electron chi connectivity index (χ2n) is 5.83. The highest BCUT2D eigenvalue weighted by Gasteiger charge is 2.24. The van der Waals surface area contributed by atoms with E-state index in [4.69, 9.17) is 11.6 Å². The van der Waals surface area contributed by atoms with Gasteiger partial charge in [-0.2, -0.15) is 0 Å². The zero-order valence-electron chi connectivity index (χ0n) is 13.4. The number of aromatic carboxylic acids is 1. The molecule has 1 aliphatic rings. The molecular formula is C18H17ClO3S2. The van der Waals surface area contributed by atoms with Crippen LogP contribution in [0.5, 0.6) is 0 Å². The molecule has 1 aliphatic carbocycles. The molecule has 2 aromatic heterocycles. The van der Waals surface area contributed by atoms with Crippen molar-refractivity contribution in [1.82, 2.24) is 0 Å². The quantitative estimate of drug-likeness (QED) is 0.539. The molecule has 0 aromatic carbocycles. The number of allylic oxidation sites excluding steroid dienone is 2. The highest BCUT2D eigenvalue weighted by molar-refractivity contribution is 7.14. The van der Waals surface area contributed by atoms with E-state index in [1.165, 1.54) is 33.8 Å². The first-order chi connectivity index (χ1) is 11.4. The van der Waals surface area contributed by atoms with Crippen LogP contribution in [0, 0.1) is 13.8 Å². The Morgan fingerprint density at radius 1 is 1.04 bits per heavy atom. The summed E-state index contributed by atoms with van der Waals surface area (Å²) in [5, 5.41) is 9.23. The molecule has 0 radical (unpaired) electrons. The van der Waals surface area contributed by atoms with Crippen LogP contribution in [0.25, 0.3) is 11.1 Å². The van der Waals surface area contributed by atoms with Crippen LogP contribution in [-0.2, 0) is 0 Å². The smallest absolute Gasteiger partial charge is 0.345 e. The molecule has 0 unspecified atom stereocenters. The van der Waals surface area contributed by atoms with Gasteiger partial charge in [0.2, 0.25) is 0 Å². The summed E-state index contributed by atoms with van der Waals surface area (Å²) in [4.78, 5) is 26.3. The van der Waals surface area contributed by atoms with Gasteiger partial charge in [-0.25, -0.2) is 4.79 Å². The van der Waals surface area contributed by atoms with Gasteiger partial charge in [0.25, 0.3) is 0 Å². The summed E-state index contributed by atoms with van der Waals surface area (Å²) in [7, 11) is 0. The first-order valence-corrected chi connectivity index (χ1v) is 9.85. The maximum Gasteiger partial charge on any atom is 0.345 e. The third-order valence-corrected chi connectivity index (χ3v) is 6.68. The lowest BCUT2D eigenvalue weighted by molar-refractivity contribution is 0.0702. The minimum Gasteiger partial charge on any atom is -0.477 e. The standard InChI is InChI=1S/C18H17ClO3S2/c1-9-13(6-16(23-9)15(20)8-19)11-4-3-5-12(11)14-7-17(18(21)22)24-10(14)2/h6-7H,3-5,8H2,1-2H3,(H,21,22). The van der Waals surface area contributed by atoms with Gasteiger partial charge in [-0.1, -0.05) is 0 Å². The van der Waals surface area contributed by atoms with Crippen molar-refractivity contribution in [2.24, 2.45) is 0 Å². The zero-order valence-corrected chi connectivity index (χ0v) is 15.8. The molecule has 0 saturated carbocycles. The van der Waals surface area contributed by atoms with Crippen LogP contribution in [0.2, 0.25) is 0 Å². The summed E-state index contributed by atoms with van der Waals surface area (Å²) in [6, 6.07) is 3.74. The van der Waals surface area contributed by atoms with Crippen molar-refractivity contribution in [3.8, 4) is 0 Å². The lowest BCUT2D eigenvalue weighted by atomic mass is 9.97. The monoisotopic (exact) mass is 380 g/mol. The van der Waals surface area contributed by atoms with E-state index in [2.05, 4.69) is 0 Å². The maximum absolute atomic E-state index is 11.9. The number of Topliss-reactive ketones (excluding diaryl/α,β-unsaturated/α-hetero) is 1. The van der Waals surface area contributed by atoms with E-state index in [1.807, 2.05) is 19.9 Å². The number of carboxylic acids is 1. The highest BCUT2D eigenvalue weighted by atomic mass is 35.5. The SMILES string of the molecule is Cc1sc(C(=O)O)cc1C1=C(c2cc(C(=O)CCl)sc2C)CCC1. The second-order valence-corrected chi connectivity index (χ2v) is 8.61. The van der Waals surface area contributed by atoms with Crippen LogP contribution < -0.4 is 0 Å². The van der Waals surface area contributed by atoms with E-state index in [9.17, 15) is 14.7 Å². The van der Waals surface area contributed by atoms with Crippen molar-refractivity contribution in [3.63, 3.8) is 0 Å². The van der Waals surface area contributed by atoms with Crippen molar-refractivity contribution >= 4 is 57.2 Å². The number of halogens is 1. The Bertz CT molecular complexity index is 858. The van der Waals surface area contributed by atoms with E-state index in [0.717, 1.165) is 40.1 Å². The molecule has 6 heteroatoms. The highest BCUT2D eigenvalue weighted by Crippen LogP contribution is 2.44. The number of carbonyl (C=O) groups is 2. The molecule has 3 nitrogen and oxygen atoms in total. The summed E-state index contributed by atoms with van der Waals surface area (Å²) >= 11 is 8.48. The topological polar surface area (TPSA) is 54.4 Å². The maximum atomic E-state index is 11.9. The lowest BCUT2D eigenvalue weighted by Gasteiger charge is -2.07. The Labute approximate surface area is 153 Å². The number of ketones is 1. The number of hydrogen-bond acceptors (Lipinski definition) is 4. The van der Waals surface area contributed by atoms with Crippen LogP contribution in [0.4, 0.5) is 0 Å². The van der Waals surface area contributed by atoms with Crippen LogP contribution in [0.3, 0.4) is 0 Å². The van der Waals surface area contributed by atoms with Crippen LogP contribution in [-0.4, -0.2) is 22.7 Å². The number of carbonyl (C=O) groups excluding carboxylic acids is 1. The Balaban J connectivity index is 2.09. The van der Waals surface area contributed by atoms with E-state index in [1.54, 1.807) is 6.07 Å². The molecule has 3 rings (SSSR count). The summed E-state index contributed by atoms with van der Waals surface area (Å²) in [5.41, 5.74) is 4.63. The van der Waals surface area contributed by atoms with Gasteiger partial charge < -0.3 is 5.11 Å². The second kappa shape index (κ2) is 6.82. The molecule has 0 spiro atoms. The lowest BCUT2D eigenvalue weighted by Crippen LogP contribution is -1.96. The summed E-state index contributed by atoms with van der Waals surface area (Å²) in [6.45, 7) is 4.00. The molecule has 0 amide bonds. The number of aryl methyl sites for hydroxylation is 2. The van der Waals surface area contributed by atoms with Gasteiger partial charge >= 0.3 is 5.97 Å². The molecule has 2 heterocycles. The fraction of sp³-hybridized carbons (Fsp3) is 0.333. The Hall–Kier alpha value is -1.43. The molecule has 1 N–H and O–H groups in total. The minimum absolute atomic E-state index is 0.00307. The predicted molar refractivity (Wildman–Crippen MR) is 101 cm³/mol. The molecule has 0 saturated heterocycles. The van der Waals surface area contributed by atoms with Gasteiger partial charge in [0.1, 0.15) is 4.88 Å². The van der Waals surface area contributed by atoms with E-state index in [-0.39, 0.29) is 11.7 Å². The minimum atomic E-state index is -0.879. The van der Waals surface area contributed by atoms with Gasteiger partial charge in [-0.05, 0) is 67.5 Å². The predicted octanol–water partition coefficient (Wildman–Crippen LogP) is 5.64. The van der Waals surface area contributed by atoms with Crippen molar-refractivity contribution < 1.29 is 14.7 Å². The Morgan fingerprint density at radius 3 is 2.00 bits per heavy atom. The first-order valence-electron chi connectivity index (χ1n) is 7.68. The Morgan fingerprint density at radius 2 is 1.54 bits per heavy atom. The molecule has 2 aromatic rings. The van der Waals surface area contributed by atoms with Crippen molar-refractivity contribution in [2.75, 3.05) is 5.88 Å². The van der Waals surface area contributed by atoms with Crippen LogP contribution in [0.15, 0.2) is 12.1 Å². The zero-order chi connectivity index (χ0) is 17.4. The number of rotatable bonds is 5. The molecule has 0 bridgehead atoms. The number of alkyl halides is 1. The van der Waals surface area contributed by atoms with E-state index < -0.39 is 5.97 Å². The van der Waals surface area contributed by atoms with Gasteiger partial charge in [-0.3, -0.25) is 4.79 Å². The van der Waals surface area contributed by atoms with Gasteiger partial charge in [-0.15, -0.1) is 34.3 Å². The average molecular weight is 381 g/mol. The van der Waals surface area contributed by atoms with Gasteiger partial charge in [0.05, 0.1) is 10.8 Å². The Kier molecular flexibility index (Phi) is 4.95. The van der Waals surface area contributed by atoms with Gasteiger partial charge in [0.15, 0.2) is 5.78 Å². The van der Waals surface area contributed by atoms with Gasteiger partial charge in [0, 0.05) is 9.75 Å². The van der Waals surface area contributed by atoms with E-state index in [0.29, 0.717) is 9.75 Å². The normalized spacial score (nSPS) is 14.5. The fourth-order valence-corrected chi connectivity index (χ4v) is 5.30. The van der Waals surface area contributed by atoms with E-state index >= 15 is 0 Å². The first kappa shape index (κ1) is 17.4. The molecule has 126 valence electrons. The van der Waals surface area contributed by atoms with Crippen molar-refractivity contribution in [2.45, 2.75) is 33.1 Å². The summed E-state index contributed by atoms with van der Waals surface area (Å²) in [5.74, 6) is -0.927. The number of hydrogen-bond donors (Lipinski definition) is 1. The summed E-state index contributed by atoms with van der Waals surface area (Å²) in [6.07, 6.45) is 2.95. The fourth-order valence-electron chi connectivity index (χ4n) is 3.21. The third kappa shape index (κ3) is 3.08. The van der Waals surface area contributed by atoms with Crippen molar-refractivity contribution in [3.05, 3.63) is 42.8 Å². The summed E-state index contributed by atoms with van der Waals surface area (Å²) < 4.78 is 0. The molecule has 24 heavy (non-hydrogen) atoms. The largest absolute Gasteiger partial charge is 0.477 e.